The Bertz CT molecular complexity index is 1140. The fourth-order valence-electron chi connectivity index (χ4n) is 3.50. The normalized spacial score (nSPS) is 13.1. The molecule has 0 bridgehead atoms. The molecule has 1 aliphatic heterocycles. The molecule has 0 radical (unpaired) electrons. The van der Waals surface area contributed by atoms with Gasteiger partial charge in [0.2, 0.25) is 0 Å². The standard InChI is InChI=1S/C23H19FN2O4/c1-14-19(12-15-8-9-16(24)13-20(15)25-14)23(29)30-11-5-4-10-26-21(27)17-6-2-3-7-18(17)22(26)28/h2-3,6-9,12-13H,4-5,10-11H2,1H3. The summed E-state index contributed by atoms with van der Waals surface area (Å²) >= 11 is 0. The largest absolute Gasteiger partial charge is 0.462 e. The molecular weight excluding hydrogens is 387 g/mol. The van der Waals surface area contributed by atoms with Crippen LogP contribution in [0.4, 0.5) is 4.39 Å². The van der Waals surface area contributed by atoms with Crippen molar-refractivity contribution >= 4 is 28.7 Å². The third-order valence-corrected chi connectivity index (χ3v) is 5.08. The summed E-state index contributed by atoms with van der Waals surface area (Å²) in [6.45, 7) is 2.10. The number of nitrogens with zero attached hydrogens (tertiary/aromatic N) is 2. The van der Waals surface area contributed by atoms with Crippen molar-refractivity contribution in [2.75, 3.05) is 13.2 Å². The maximum absolute atomic E-state index is 13.3. The van der Waals surface area contributed by atoms with E-state index in [1.165, 1.54) is 17.0 Å². The number of aromatic nitrogens is 1. The Balaban J connectivity index is 1.30. The fourth-order valence-corrected chi connectivity index (χ4v) is 3.50. The van der Waals surface area contributed by atoms with Crippen LogP contribution in [0.5, 0.6) is 0 Å². The predicted octanol–water partition coefficient (Wildman–Crippen LogP) is 3.92. The molecule has 0 atom stereocenters. The molecular formula is C23H19FN2O4. The van der Waals surface area contributed by atoms with Crippen molar-refractivity contribution in [2.45, 2.75) is 19.8 Å². The second kappa shape index (κ2) is 8.02. The lowest BCUT2D eigenvalue weighted by Crippen LogP contribution is -2.30. The Hall–Kier alpha value is -3.61. The fraction of sp³-hybridized carbons (Fsp3) is 0.217. The van der Waals surface area contributed by atoms with Crippen LogP contribution in [0.25, 0.3) is 10.9 Å². The minimum atomic E-state index is -0.507. The second-order valence-corrected chi connectivity index (χ2v) is 7.11. The van der Waals surface area contributed by atoms with Gasteiger partial charge in [0.15, 0.2) is 0 Å². The van der Waals surface area contributed by atoms with Crippen molar-refractivity contribution in [2.24, 2.45) is 0 Å². The van der Waals surface area contributed by atoms with Crippen LogP contribution in [-0.2, 0) is 4.74 Å². The van der Waals surface area contributed by atoms with Gasteiger partial charge in [-0.15, -0.1) is 0 Å². The number of hydrogen-bond donors (Lipinski definition) is 0. The van der Waals surface area contributed by atoms with Crippen LogP contribution in [0.2, 0.25) is 0 Å². The topological polar surface area (TPSA) is 76.6 Å². The van der Waals surface area contributed by atoms with Gasteiger partial charge in [-0.1, -0.05) is 12.1 Å². The van der Waals surface area contributed by atoms with Crippen LogP contribution in [0.1, 0.15) is 49.6 Å². The molecule has 2 amide bonds. The minimum Gasteiger partial charge on any atom is -0.462 e. The third-order valence-electron chi connectivity index (χ3n) is 5.08. The first-order chi connectivity index (χ1) is 14.5. The first-order valence-corrected chi connectivity index (χ1v) is 9.65. The quantitative estimate of drug-likeness (QED) is 0.352. The van der Waals surface area contributed by atoms with Gasteiger partial charge in [-0.05, 0) is 50.1 Å². The number of imide groups is 1. The lowest BCUT2D eigenvalue weighted by atomic mass is 10.1. The lowest BCUT2D eigenvalue weighted by Gasteiger charge is -2.13. The minimum absolute atomic E-state index is 0.156. The molecule has 0 N–H and O–H groups in total. The molecule has 3 aromatic rings. The van der Waals surface area contributed by atoms with Gasteiger partial charge in [0.25, 0.3) is 11.8 Å². The molecule has 0 spiro atoms. The van der Waals surface area contributed by atoms with Crippen molar-refractivity contribution in [1.29, 1.82) is 0 Å². The van der Waals surface area contributed by atoms with Crippen LogP contribution in [0, 0.1) is 12.7 Å². The highest BCUT2D eigenvalue weighted by molar-refractivity contribution is 6.21. The van der Waals surface area contributed by atoms with Gasteiger partial charge in [-0.25, -0.2) is 9.18 Å². The highest BCUT2D eigenvalue weighted by atomic mass is 19.1. The van der Waals surface area contributed by atoms with E-state index in [-0.39, 0.29) is 30.8 Å². The summed E-state index contributed by atoms with van der Waals surface area (Å²) in [4.78, 5) is 42.5. The van der Waals surface area contributed by atoms with E-state index in [1.807, 2.05) is 0 Å². The van der Waals surface area contributed by atoms with Gasteiger partial charge < -0.3 is 4.74 Å². The van der Waals surface area contributed by atoms with Gasteiger partial charge in [-0.2, -0.15) is 0 Å². The van der Waals surface area contributed by atoms with E-state index in [2.05, 4.69) is 4.98 Å². The van der Waals surface area contributed by atoms with E-state index in [0.717, 1.165) is 0 Å². The molecule has 1 aromatic heterocycles. The Morgan fingerprint density at radius 3 is 2.43 bits per heavy atom. The van der Waals surface area contributed by atoms with Crippen molar-refractivity contribution < 1.29 is 23.5 Å². The van der Waals surface area contributed by atoms with Crippen molar-refractivity contribution in [3.05, 3.63) is 76.7 Å². The molecule has 2 heterocycles. The highest BCUT2D eigenvalue weighted by Gasteiger charge is 2.34. The van der Waals surface area contributed by atoms with E-state index in [9.17, 15) is 18.8 Å². The first kappa shape index (κ1) is 19.7. The summed E-state index contributed by atoms with van der Waals surface area (Å²) in [5.74, 6) is -1.47. The molecule has 30 heavy (non-hydrogen) atoms. The van der Waals surface area contributed by atoms with Crippen LogP contribution in [0.15, 0.2) is 48.5 Å². The maximum atomic E-state index is 13.3. The summed E-state index contributed by atoms with van der Waals surface area (Å²) in [7, 11) is 0. The molecule has 2 aromatic carbocycles. The summed E-state index contributed by atoms with van der Waals surface area (Å²) in [6, 6.07) is 12.6. The molecule has 152 valence electrons. The molecule has 0 aliphatic carbocycles. The average molecular weight is 406 g/mol. The Morgan fingerprint density at radius 2 is 1.73 bits per heavy atom. The Labute approximate surface area is 172 Å². The average Bonchev–Trinajstić information content (AvgIpc) is 2.97. The second-order valence-electron chi connectivity index (χ2n) is 7.11. The number of carbonyl (C=O) groups is 3. The summed E-state index contributed by atoms with van der Waals surface area (Å²) in [6.07, 6.45) is 1.03. The molecule has 4 rings (SSSR count). The van der Waals surface area contributed by atoms with E-state index < -0.39 is 5.97 Å². The van der Waals surface area contributed by atoms with Crippen molar-refractivity contribution in [3.63, 3.8) is 0 Å². The smallest absolute Gasteiger partial charge is 0.339 e. The zero-order valence-corrected chi connectivity index (χ0v) is 16.4. The maximum Gasteiger partial charge on any atom is 0.339 e. The SMILES string of the molecule is Cc1nc2cc(F)ccc2cc1C(=O)OCCCCN1C(=O)c2ccccc2C1=O. The highest BCUT2D eigenvalue weighted by Crippen LogP contribution is 2.23. The number of unbranched alkanes of at least 4 members (excludes halogenated alkanes) is 1. The number of rotatable bonds is 6. The zero-order chi connectivity index (χ0) is 21.3. The number of ether oxygens (including phenoxy) is 1. The summed E-state index contributed by atoms with van der Waals surface area (Å²) in [5, 5.41) is 0.652. The number of fused-ring (bicyclic) bond motifs is 2. The molecule has 0 saturated carbocycles. The van der Waals surface area contributed by atoms with Gasteiger partial charge >= 0.3 is 5.97 Å². The molecule has 7 heteroatoms. The van der Waals surface area contributed by atoms with Crippen molar-refractivity contribution in [3.8, 4) is 0 Å². The third kappa shape index (κ3) is 3.66. The zero-order valence-electron chi connectivity index (χ0n) is 16.4. The first-order valence-electron chi connectivity index (χ1n) is 9.65. The van der Waals surface area contributed by atoms with E-state index in [0.29, 0.717) is 46.1 Å². The van der Waals surface area contributed by atoms with Crippen molar-refractivity contribution in [1.82, 2.24) is 9.88 Å². The van der Waals surface area contributed by atoms with Gasteiger partial charge in [0, 0.05) is 18.0 Å². The number of aryl methyl sites for hydroxylation is 1. The molecule has 1 aliphatic rings. The lowest BCUT2D eigenvalue weighted by molar-refractivity contribution is 0.0484. The van der Waals surface area contributed by atoms with E-state index in [1.54, 1.807) is 43.3 Å². The number of esters is 1. The molecule has 0 saturated heterocycles. The molecule has 0 unspecified atom stereocenters. The monoisotopic (exact) mass is 406 g/mol. The molecule has 0 fully saturated rings. The van der Waals surface area contributed by atoms with Crippen LogP contribution in [0.3, 0.4) is 0 Å². The van der Waals surface area contributed by atoms with E-state index in [4.69, 9.17) is 4.74 Å². The molecule has 6 nitrogen and oxygen atoms in total. The Morgan fingerprint density at radius 1 is 1.03 bits per heavy atom. The summed E-state index contributed by atoms with van der Waals surface area (Å²) in [5.41, 5.74) is 2.12. The van der Waals surface area contributed by atoms with E-state index >= 15 is 0 Å². The van der Waals surface area contributed by atoms with Gasteiger partial charge in [0.05, 0.1) is 34.5 Å². The number of benzene rings is 2. The van der Waals surface area contributed by atoms with Crippen LogP contribution in [-0.4, -0.2) is 40.8 Å². The summed E-state index contributed by atoms with van der Waals surface area (Å²) < 4.78 is 18.6. The van der Waals surface area contributed by atoms with Crippen LogP contribution >= 0.6 is 0 Å². The van der Waals surface area contributed by atoms with Gasteiger partial charge in [0.1, 0.15) is 5.82 Å². The number of carbonyl (C=O) groups excluding carboxylic acids is 3. The van der Waals surface area contributed by atoms with Crippen LogP contribution < -0.4 is 0 Å². The number of hydrogen-bond acceptors (Lipinski definition) is 5. The Kier molecular flexibility index (Phi) is 5.27. The van der Waals surface area contributed by atoms with Gasteiger partial charge in [-0.3, -0.25) is 19.5 Å². The predicted molar refractivity (Wildman–Crippen MR) is 108 cm³/mol. The number of halogens is 1. The number of amides is 2. The number of pyridine rings is 1.